The Labute approximate surface area is 164 Å². The molecule has 0 spiro atoms. The summed E-state index contributed by atoms with van der Waals surface area (Å²) >= 11 is 5.82. The minimum atomic E-state index is -0.148. The number of rotatable bonds is 6. The third-order valence-electron chi connectivity index (χ3n) is 4.62. The zero-order chi connectivity index (χ0) is 19.1. The first-order valence-corrected chi connectivity index (χ1v) is 9.48. The van der Waals surface area contributed by atoms with Crippen LogP contribution in [0.2, 0.25) is 5.02 Å². The molecule has 1 aliphatic heterocycles. The Morgan fingerprint density at radius 3 is 2.33 bits per heavy atom. The van der Waals surface area contributed by atoms with Crippen molar-refractivity contribution >= 4 is 29.1 Å². The summed E-state index contributed by atoms with van der Waals surface area (Å²) in [5.41, 5.74) is 1.71. The highest BCUT2D eigenvalue weighted by Crippen LogP contribution is 2.15. The van der Waals surface area contributed by atoms with E-state index in [1.165, 1.54) is 0 Å². The number of carbonyl (C=O) groups is 2. The predicted molar refractivity (Wildman–Crippen MR) is 106 cm³/mol. The van der Waals surface area contributed by atoms with Crippen LogP contribution in [0.25, 0.3) is 0 Å². The van der Waals surface area contributed by atoms with Crippen molar-refractivity contribution in [3.05, 3.63) is 59.4 Å². The predicted octanol–water partition coefficient (Wildman–Crippen LogP) is 2.59. The number of nitrogens with zero attached hydrogens (tertiary/aromatic N) is 3. The van der Waals surface area contributed by atoms with Crippen molar-refractivity contribution in [3.8, 4) is 0 Å². The van der Waals surface area contributed by atoms with Gasteiger partial charge in [-0.1, -0.05) is 11.6 Å². The highest BCUT2D eigenvalue weighted by atomic mass is 35.5. The van der Waals surface area contributed by atoms with E-state index in [1.54, 1.807) is 36.7 Å². The van der Waals surface area contributed by atoms with Crippen LogP contribution < -0.4 is 10.2 Å². The maximum Gasteiger partial charge on any atom is 0.251 e. The average molecular weight is 387 g/mol. The normalized spacial score (nSPS) is 14.1. The van der Waals surface area contributed by atoms with E-state index in [0.717, 1.165) is 31.9 Å². The largest absolute Gasteiger partial charge is 0.368 e. The molecule has 1 saturated heterocycles. The van der Waals surface area contributed by atoms with E-state index in [1.807, 2.05) is 17.0 Å². The van der Waals surface area contributed by atoms with Crippen LogP contribution in [0.5, 0.6) is 0 Å². The number of aromatic nitrogens is 1. The quantitative estimate of drug-likeness (QED) is 0.775. The highest BCUT2D eigenvalue weighted by Gasteiger charge is 2.20. The number of carbonyl (C=O) groups excluding carboxylic acids is 2. The molecule has 0 bridgehead atoms. The number of pyridine rings is 1. The molecule has 1 aromatic heterocycles. The van der Waals surface area contributed by atoms with E-state index in [4.69, 9.17) is 11.6 Å². The maximum absolute atomic E-state index is 12.4. The second kappa shape index (κ2) is 9.37. The third kappa shape index (κ3) is 5.44. The van der Waals surface area contributed by atoms with Crippen LogP contribution in [0, 0.1) is 0 Å². The minimum Gasteiger partial charge on any atom is -0.368 e. The lowest BCUT2D eigenvalue weighted by atomic mass is 10.2. The number of benzene rings is 1. The van der Waals surface area contributed by atoms with Crippen molar-refractivity contribution in [2.24, 2.45) is 0 Å². The average Bonchev–Trinajstić information content (AvgIpc) is 2.72. The zero-order valence-corrected chi connectivity index (χ0v) is 15.9. The molecule has 0 saturated carbocycles. The van der Waals surface area contributed by atoms with Gasteiger partial charge in [0.2, 0.25) is 5.91 Å². The molecular weight excluding hydrogens is 364 g/mol. The summed E-state index contributed by atoms with van der Waals surface area (Å²) in [4.78, 5) is 32.6. The molecule has 1 aromatic carbocycles. The van der Waals surface area contributed by atoms with Crippen LogP contribution in [0.4, 0.5) is 5.69 Å². The molecule has 7 heteroatoms. The second-order valence-corrected chi connectivity index (χ2v) is 6.88. The Hall–Kier alpha value is -2.60. The van der Waals surface area contributed by atoms with Crippen molar-refractivity contribution in [2.45, 2.75) is 12.8 Å². The van der Waals surface area contributed by atoms with Gasteiger partial charge >= 0.3 is 0 Å². The maximum atomic E-state index is 12.4. The summed E-state index contributed by atoms with van der Waals surface area (Å²) in [5, 5.41) is 3.44. The van der Waals surface area contributed by atoms with Gasteiger partial charge in [-0.15, -0.1) is 0 Å². The molecule has 2 heterocycles. The lowest BCUT2D eigenvalue weighted by Crippen LogP contribution is -2.48. The summed E-state index contributed by atoms with van der Waals surface area (Å²) in [5.74, 6) is -0.00444. The Balaban J connectivity index is 1.35. The number of amides is 2. The Morgan fingerprint density at radius 1 is 1.00 bits per heavy atom. The summed E-state index contributed by atoms with van der Waals surface area (Å²) in [6.45, 7) is 3.56. The van der Waals surface area contributed by atoms with Gasteiger partial charge in [-0.3, -0.25) is 14.6 Å². The molecule has 0 unspecified atom stereocenters. The number of anilines is 1. The first kappa shape index (κ1) is 19.2. The van der Waals surface area contributed by atoms with Crippen molar-refractivity contribution in [1.82, 2.24) is 15.2 Å². The summed E-state index contributed by atoms with van der Waals surface area (Å²) < 4.78 is 0. The fourth-order valence-corrected chi connectivity index (χ4v) is 3.20. The monoisotopic (exact) mass is 386 g/mol. The topological polar surface area (TPSA) is 65.5 Å². The van der Waals surface area contributed by atoms with E-state index in [-0.39, 0.29) is 11.8 Å². The number of piperazine rings is 1. The molecule has 0 radical (unpaired) electrons. The van der Waals surface area contributed by atoms with Crippen LogP contribution >= 0.6 is 11.6 Å². The number of hydrogen-bond donors (Lipinski definition) is 1. The SMILES string of the molecule is O=C(NCCCC(=O)N1CCN(c2ccncc2)CC1)c1ccc(Cl)cc1. The molecule has 2 aromatic rings. The third-order valence-corrected chi connectivity index (χ3v) is 4.87. The molecule has 6 nitrogen and oxygen atoms in total. The lowest BCUT2D eigenvalue weighted by molar-refractivity contribution is -0.131. The standard InChI is InChI=1S/C20H23ClN4O2/c21-17-5-3-16(4-6-17)20(27)23-9-1-2-19(26)25-14-12-24(13-15-25)18-7-10-22-11-8-18/h3-8,10-11H,1-2,9,12-15H2,(H,23,27). The van der Waals surface area contributed by atoms with E-state index in [9.17, 15) is 9.59 Å². The number of hydrogen-bond acceptors (Lipinski definition) is 4. The molecule has 3 rings (SSSR count). The Kier molecular flexibility index (Phi) is 6.65. The molecule has 1 fully saturated rings. The van der Waals surface area contributed by atoms with E-state index in [0.29, 0.717) is 30.0 Å². The first-order valence-electron chi connectivity index (χ1n) is 9.10. The highest BCUT2D eigenvalue weighted by molar-refractivity contribution is 6.30. The molecule has 2 amide bonds. The summed E-state index contributed by atoms with van der Waals surface area (Å²) in [6, 6.07) is 10.7. The van der Waals surface area contributed by atoms with Gasteiger partial charge in [0.15, 0.2) is 0 Å². The number of halogens is 1. The van der Waals surface area contributed by atoms with Crippen molar-refractivity contribution < 1.29 is 9.59 Å². The van der Waals surface area contributed by atoms with Crippen molar-refractivity contribution in [3.63, 3.8) is 0 Å². The molecular formula is C20H23ClN4O2. The van der Waals surface area contributed by atoms with Gasteiger partial charge in [0.1, 0.15) is 0 Å². The molecule has 0 atom stereocenters. The van der Waals surface area contributed by atoms with Gasteiger partial charge in [0.05, 0.1) is 0 Å². The summed E-state index contributed by atoms with van der Waals surface area (Å²) in [6.07, 6.45) is 4.63. The fraction of sp³-hybridized carbons (Fsp3) is 0.350. The van der Waals surface area contributed by atoms with Gasteiger partial charge in [0.25, 0.3) is 5.91 Å². The zero-order valence-electron chi connectivity index (χ0n) is 15.1. The molecule has 27 heavy (non-hydrogen) atoms. The molecule has 142 valence electrons. The van der Waals surface area contributed by atoms with Crippen molar-refractivity contribution in [1.29, 1.82) is 0 Å². The van der Waals surface area contributed by atoms with Crippen LogP contribution in [0.3, 0.4) is 0 Å². The number of nitrogens with one attached hydrogen (secondary N) is 1. The Bertz CT molecular complexity index is 759. The Morgan fingerprint density at radius 2 is 1.67 bits per heavy atom. The first-order chi connectivity index (χ1) is 13.1. The van der Waals surface area contributed by atoms with E-state index < -0.39 is 0 Å². The fourth-order valence-electron chi connectivity index (χ4n) is 3.07. The van der Waals surface area contributed by atoms with Crippen LogP contribution in [0.1, 0.15) is 23.2 Å². The van der Waals surface area contributed by atoms with E-state index >= 15 is 0 Å². The molecule has 1 N–H and O–H groups in total. The van der Waals surface area contributed by atoms with Gasteiger partial charge in [-0.2, -0.15) is 0 Å². The summed E-state index contributed by atoms with van der Waals surface area (Å²) in [7, 11) is 0. The molecule has 1 aliphatic rings. The van der Waals surface area contributed by atoms with Gasteiger partial charge in [-0.05, 0) is 42.8 Å². The van der Waals surface area contributed by atoms with Crippen molar-refractivity contribution in [2.75, 3.05) is 37.6 Å². The second-order valence-electron chi connectivity index (χ2n) is 6.44. The van der Waals surface area contributed by atoms with Gasteiger partial charge < -0.3 is 15.1 Å². The van der Waals surface area contributed by atoms with Gasteiger partial charge in [0, 0.05) is 67.8 Å². The van der Waals surface area contributed by atoms with Crippen LogP contribution in [-0.4, -0.2) is 54.4 Å². The van der Waals surface area contributed by atoms with Gasteiger partial charge in [-0.25, -0.2) is 0 Å². The lowest BCUT2D eigenvalue weighted by Gasteiger charge is -2.36. The van der Waals surface area contributed by atoms with Crippen LogP contribution in [-0.2, 0) is 4.79 Å². The smallest absolute Gasteiger partial charge is 0.251 e. The molecule has 0 aliphatic carbocycles. The van der Waals surface area contributed by atoms with Crippen LogP contribution in [0.15, 0.2) is 48.8 Å². The van der Waals surface area contributed by atoms with E-state index in [2.05, 4.69) is 15.2 Å². The minimum absolute atomic E-state index is 0.144.